The summed E-state index contributed by atoms with van der Waals surface area (Å²) in [5.74, 6) is 0.493. The van der Waals surface area contributed by atoms with Crippen molar-refractivity contribution >= 4 is 37.3 Å². The van der Waals surface area contributed by atoms with Crippen LogP contribution in [0.2, 0.25) is 10.0 Å². The molecule has 0 heterocycles. The molecule has 1 rings (SSSR count). The Kier molecular flexibility index (Phi) is 8.06. The topological polar surface area (TPSA) is 17.1 Å². The summed E-state index contributed by atoms with van der Waals surface area (Å²) in [4.78, 5) is 12.0. The molecule has 0 saturated carbocycles. The Morgan fingerprint density at radius 3 is 2.47 bits per heavy atom. The molecule has 0 aromatic heterocycles. The van der Waals surface area contributed by atoms with Gasteiger partial charge in [0.05, 0.1) is 10.0 Å². The Balaban J connectivity index is 0.00000256. The van der Waals surface area contributed by atoms with E-state index in [4.69, 9.17) is 23.2 Å². The molecule has 1 aromatic rings. The number of carbonyl (C=O) groups is 1. The van der Waals surface area contributed by atoms with E-state index in [1.807, 2.05) is 13.0 Å². The summed E-state index contributed by atoms with van der Waals surface area (Å²) < 4.78 is 0. The Bertz CT molecular complexity index is 408. The van der Waals surface area contributed by atoms with Crippen LogP contribution in [-0.2, 0) is 0 Å². The second kappa shape index (κ2) is 7.83. The zero-order valence-electron chi connectivity index (χ0n) is 10.6. The summed E-state index contributed by atoms with van der Waals surface area (Å²) in [6.45, 7) is 6.04. The van der Waals surface area contributed by atoms with Gasteiger partial charge in [-0.15, -0.1) is 0 Å². The van der Waals surface area contributed by atoms with Crippen molar-refractivity contribution in [3.8, 4) is 0 Å². The zero-order chi connectivity index (χ0) is 12.3. The van der Waals surface area contributed by atoms with E-state index in [0.717, 1.165) is 20.3 Å². The summed E-state index contributed by atoms with van der Waals surface area (Å²) in [5, 5.41) is 0.922. The minimum absolute atomic E-state index is 0. The predicted molar refractivity (Wildman–Crippen MR) is 72.2 cm³/mol. The molecule has 1 aromatic carbocycles. The first-order valence-electron chi connectivity index (χ1n) is 5.10. The summed E-state index contributed by atoms with van der Waals surface area (Å²) in [7, 11) is 0.756. The van der Waals surface area contributed by atoms with Crippen molar-refractivity contribution in [2.24, 2.45) is 5.92 Å². The maximum absolute atomic E-state index is 12.0. The van der Waals surface area contributed by atoms with Crippen molar-refractivity contribution in [3.63, 3.8) is 0 Å². The third-order valence-corrected chi connectivity index (χ3v) is 4.32. The molecule has 0 aliphatic rings. The van der Waals surface area contributed by atoms with Gasteiger partial charge in [0.1, 0.15) is 0 Å². The van der Waals surface area contributed by atoms with Crippen molar-refractivity contribution in [2.75, 3.05) is 6.16 Å². The van der Waals surface area contributed by atoms with Crippen LogP contribution in [0.15, 0.2) is 12.1 Å². The molecule has 1 nitrogen and oxygen atoms in total. The first-order chi connectivity index (χ1) is 7.43. The van der Waals surface area contributed by atoms with Gasteiger partial charge in [0, 0.05) is 11.1 Å². The molecule has 0 amide bonds. The zero-order valence-corrected chi connectivity index (χ0v) is 13.0. The largest absolute Gasteiger partial charge is 1.00 e. The predicted octanol–water partition coefficient (Wildman–Crippen LogP) is 2.05. The number of carbonyl (C=O) groups excluding carboxylic acids is 1. The summed E-state index contributed by atoms with van der Waals surface area (Å²) in [6.07, 6.45) is 0.833. The fourth-order valence-electron chi connectivity index (χ4n) is 1.20. The first kappa shape index (κ1) is 17.5. The van der Waals surface area contributed by atoms with Gasteiger partial charge in [-0.25, -0.2) is 0 Å². The van der Waals surface area contributed by atoms with Crippen molar-refractivity contribution < 1.29 is 23.7 Å². The molecular weight excluding hydrogens is 269 g/mol. The molecule has 0 radical (unpaired) electrons. The van der Waals surface area contributed by atoms with Crippen molar-refractivity contribution in [2.45, 2.75) is 20.8 Å². The van der Waals surface area contributed by atoms with E-state index in [0.29, 0.717) is 21.5 Å². The number of rotatable bonds is 4. The van der Waals surface area contributed by atoms with E-state index < -0.39 is 0 Å². The van der Waals surface area contributed by atoms with Crippen LogP contribution in [0.25, 0.3) is 0 Å². The molecule has 0 spiro atoms. The van der Waals surface area contributed by atoms with Gasteiger partial charge in [0.25, 0.3) is 0 Å². The third kappa shape index (κ3) is 4.94. The molecule has 0 fully saturated rings. The number of benzene rings is 1. The van der Waals surface area contributed by atoms with Crippen LogP contribution in [0.3, 0.4) is 0 Å². The van der Waals surface area contributed by atoms with Crippen LogP contribution >= 0.6 is 31.8 Å². The Hall–Kier alpha value is 0.497. The molecule has 5 heteroatoms. The SMILES string of the molecule is Cc1ccc(Cl)c(C(=O)[P-]CC(C)C)c1Cl.[Li+]. The van der Waals surface area contributed by atoms with E-state index in [-0.39, 0.29) is 24.4 Å². The number of halogens is 2. The van der Waals surface area contributed by atoms with Crippen molar-refractivity contribution in [1.82, 2.24) is 0 Å². The molecule has 17 heavy (non-hydrogen) atoms. The standard InChI is InChI=1S/C12H14Cl2OP.Li/c1-7(2)6-16-12(15)10-9(13)5-4-8(3)11(10)14;/h4-5,7H,6H2,1-3H3;/q-1;+1. The smallest absolute Gasteiger partial charge is 0.459 e. The van der Waals surface area contributed by atoms with Gasteiger partial charge in [-0.1, -0.05) is 49.0 Å². The van der Waals surface area contributed by atoms with Gasteiger partial charge in [-0.2, -0.15) is 6.16 Å². The minimum atomic E-state index is 0. The maximum atomic E-state index is 12.0. The van der Waals surface area contributed by atoms with E-state index in [9.17, 15) is 4.79 Å². The van der Waals surface area contributed by atoms with Crippen LogP contribution in [0.4, 0.5) is 0 Å². The minimum Gasteiger partial charge on any atom is -0.459 e. The fourth-order valence-corrected chi connectivity index (χ4v) is 2.79. The molecule has 0 atom stereocenters. The molecule has 88 valence electrons. The summed E-state index contributed by atoms with van der Waals surface area (Å²) >= 11 is 12.1. The van der Waals surface area contributed by atoms with E-state index in [1.54, 1.807) is 6.07 Å². The molecule has 0 unspecified atom stereocenters. The normalized spacial score (nSPS) is 10.9. The van der Waals surface area contributed by atoms with E-state index in [1.165, 1.54) is 0 Å². The van der Waals surface area contributed by atoms with E-state index >= 15 is 0 Å². The number of hydrogen-bond acceptors (Lipinski definition) is 1. The Morgan fingerprint density at radius 2 is 1.94 bits per heavy atom. The molecule has 0 bridgehead atoms. The maximum Gasteiger partial charge on any atom is 1.00 e. The molecular formula is C12H14Cl2LiOP. The van der Waals surface area contributed by atoms with Gasteiger partial charge in [0.2, 0.25) is 0 Å². The Morgan fingerprint density at radius 1 is 1.35 bits per heavy atom. The van der Waals surface area contributed by atoms with Gasteiger partial charge in [0.15, 0.2) is 0 Å². The van der Waals surface area contributed by atoms with Gasteiger partial charge >= 0.3 is 18.9 Å². The monoisotopic (exact) mass is 282 g/mol. The van der Waals surface area contributed by atoms with Crippen LogP contribution in [0.1, 0.15) is 29.8 Å². The molecule has 0 N–H and O–H groups in total. The number of aryl methyl sites for hydroxylation is 1. The fraction of sp³-hybridized carbons (Fsp3) is 0.417. The van der Waals surface area contributed by atoms with Crippen molar-refractivity contribution in [1.29, 1.82) is 0 Å². The van der Waals surface area contributed by atoms with Gasteiger partial charge < -0.3 is 13.4 Å². The van der Waals surface area contributed by atoms with Crippen LogP contribution < -0.4 is 18.9 Å². The third-order valence-electron chi connectivity index (χ3n) is 2.10. The van der Waals surface area contributed by atoms with Crippen LogP contribution in [0, 0.1) is 12.8 Å². The first-order valence-corrected chi connectivity index (χ1v) is 6.93. The summed E-state index contributed by atoms with van der Waals surface area (Å²) in [5.41, 5.74) is 1.35. The average molecular weight is 283 g/mol. The van der Waals surface area contributed by atoms with E-state index in [2.05, 4.69) is 13.8 Å². The van der Waals surface area contributed by atoms with Crippen LogP contribution in [0.5, 0.6) is 0 Å². The second-order valence-electron chi connectivity index (χ2n) is 4.09. The molecule has 0 saturated heterocycles. The molecule has 0 aliphatic heterocycles. The molecule has 0 aliphatic carbocycles. The average Bonchev–Trinajstić information content (AvgIpc) is 2.21. The van der Waals surface area contributed by atoms with Crippen LogP contribution in [-0.4, -0.2) is 11.7 Å². The second-order valence-corrected chi connectivity index (χ2v) is 5.97. The van der Waals surface area contributed by atoms with Crippen molar-refractivity contribution in [3.05, 3.63) is 33.3 Å². The summed E-state index contributed by atoms with van der Waals surface area (Å²) in [6, 6.07) is 3.54. The quantitative estimate of drug-likeness (QED) is 0.610. The Labute approximate surface area is 127 Å². The van der Waals surface area contributed by atoms with Gasteiger partial charge in [-0.3, -0.25) is 0 Å². The number of hydrogen-bond donors (Lipinski definition) is 0. The van der Waals surface area contributed by atoms with Gasteiger partial charge in [-0.05, 0) is 18.6 Å².